The fourth-order valence-electron chi connectivity index (χ4n) is 2.09. The summed E-state index contributed by atoms with van der Waals surface area (Å²) >= 11 is 3.32. The van der Waals surface area contributed by atoms with Gasteiger partial charge in [-0.15, -0.1) is 0 Å². The molecule has 0 amide bonds. The van der Waals surface area contributed by atoms with Crippen molar-refractivity contribution in [1.82, 2.24) is 0 Å². The zero-order valence-electron chi connectivity index (χ0n) is 9.38. The predicted molar refractivity (Wildman–Crippen MR) is 66.1 cm³/mol. The molecule has 1 aromatic rings. The van der Waals surface area contributed by atoms with Crippen LogP contribution in [0.25, 0.3) is 0 Å². The highest BCUT2D eigenvalue weighted by atomic mass is 79.9. The van der Waals surface area contributed by atoms with Gasteiger partial charge in [0.05, 0.1) is 6.10 Å². The maximum Gasteiger partial charge on any atom is 0.165 e. The molecule has 1 fully saturated rings. The Morgan fingerprint density at radius 1 is 1.25 bits per heavy atom. The minimum atomic E-state index is -0.276. The molecule has 2 rings (SSSR count). The maximum absolute atomic E-state index is 13.5. The molecule has 0 atom stereocenters. The van der Waals surface area contributed by atoms with Gasteiger partial charge in [-0.1, -0.05) is 22.9 Å². The molecule has 1 aromatic carbocycles. The maximum atomic E-state index is 13.5. The summed E-state index contributed by atoms with van der Waals surface area (Å²) in [6.07, 6.45) is 4.61. The van der Waals surface area contributed by atoms with Crippen molar-refractivity contribution in [2.75, 3.05) is 0 Å². The molecule has 0 unspecified atom stereocenters. The molecule has 3 heteroatoms. The van der Waals surface area contributed by atoms with E-state index < -0.39 is 0 Å². The molecule has 0 spiro atoms. The third-order valence-electron chi connectivity index (χ3n) is 3.15. The van der Waals surface area contributed by atoms with Gasteiger partial charge in [0.2, 0.25) is 0 Å². The number of rotatable bonds is 2. The van der Waals surface area contributed by atoms with E-state index in [1.54, 1.807) is 12.1 Å². The lowest BCUT2D eigenvalue weighted by Gasteiger charge is -2.27. The lowest BCUT2D eigenvalue weighted by molar-refractivity contribution is 0.130. The van der Waals surface area contributed by atoms with E-state index in [1.807, 2.05) is 0 Å². The minimum absolute atomic E-state index is 0.181. The zero-order chi connectivity index (χ0) is 11.5. The van der Waals surface area contributed by atoms with Crippen LogP contribution in [0, 0.1) is 11.7 Å². The molecular formula is C13H16BrFO. The van der Waals surface area contributed by atoms with E-state index in [9.17, 15) is 4.39 Å². The summed E-state index contributed by atoms with van der Waals surface area (Å²) in [6, 6.07) is 4.82. The lowest BCUT2D eigenvalue weighted by atomic mass is 9.89. The second-order valence-electron chi connectivity index (χ2n) is 4.57. The Bertz CT molecular complexity index is 359. The van der Waals surface area contributed by atoms with Crippen molar-refractivity contribution in [2.45, 2.75) is 38.7 Å². The standard InChI is InChI=1S/C13H16BrFO/c1-9-2-5-11(6-3-9)16-13-8-10(14)4-7-12(13)15/h4,7-9,11H,2-3,5-6H2,1H3. The van der Waals surface area contributed by atoms with Crippen LogP contribution < -0.4 is 4.74 Å². The molecule has 1 aliphatic rings. The lowest BCUT2D eigenvalue weighted by Crippen LogP contribution is -2.23. The van der Waals surface area contributed by atoms with Crippen molar-refractivity contribution in [3.05, 3.63) is 28.5 Å². The van der Waals surface area contributed by atoms with E-state index in [0.717, 1.165) is 23.2 Å². The van der Waals surface area contributed by atoms with Gasteiger partial charge < -0.3 is 4.74 Å². The van der Waals surface area contributed by atoms with Crippen molar-refractivity contribution < 1.29 is 9.13 Å². The number of hydrogen-bond acceptors (Lipinski definition) is 1. The highest BCUT2D eigenvalue weighted by molar-refractivity contribution is 9.10. The van der Waals surface area contributed by atoms with Crippen molar-refractivity contribution in [1.29, 1.82) is 0 Å². The SMILES string of the molecule is CC1CCC(Oc2cc(Br)ccc2F)CC1. The fourth-order valence-corrected chi connectivity index (χ4v) is 2.43. The van der Waals surface area contributed by atoms with E-state index in [2.05, 4.69) is 22.9 Å². The summed E-state index contributed by atoms with van der Waals surface area (Å²) in [4.78, 5) is 0. The molecule has 1 aliphatic carbocycles. The van der Waals surface area contributed by atoms with Crippen molar-refractivity contribution in [3.63, 3.8) is 0 Å². The predicted octanol–water partition coefficient (Wildman–Crippen LogP) is 4.55. The van der Waals surface area contributed by atoms with Crippen LogP contribution in [0.1, 0.15) is 32.6 Å². The quantitative estimate of drug-likeness (QED) is 0.775. The molecule has 0 aromatic heterocycles. The molecule has 1 nitrogen and oxygen atoms in total. The molecule has 0 heterocycles. The van der Waals surface area contributed by atoms with Crippen molar-refractivity contribution in [3.8, 4) is 5.75 Å². The summed E-state index contributed by atoms with van der Waals surface area (Å²) in [7, 11) is 0. The van der Waals surface area contributed by atoms with Gasteiger partial charge in [0.25, 0.3) is 0 Å². The molecular weight excluding hydrogens is 271 g/mol. The van der Waals surface area contributed by atoms with Crippen LogP contribution in [0.15, 0.2) is 22.7 Å². The fraction of sp³-hybridized carbons (Fsp3) is 0.538. The van der Waals surface area contributed by atoms with E-state index in [4.69, 9.17) is 4.74 Å². The van der Waals surface area contributed by atoms with Crippen LogP contribution >= 0.6 is 15.9 Å². The number of benzene rings is 1. The van der Waals surface area contributed by atoms with Crippen LogP contribution in [0.3, 0.4) is 0 Å². The topological polar surface area (TPSA) is 9.23 Å². The summed E-state index contributed by atoms with van der Waals surface area (Å²) in [5, 5.41) is 0. The van der Waals surface area contributed by atoms with Gasteiger partial charge in [-0.3, -0.25) is 0 Å². The van der Waals surface area contributed by atoms with Gasteiger partial charge in [0.1, 0.15) is 0 Å². The van der Waals surface area contributed by atoms with E-state index in [0.29, 0.717) is 5.75 Å². The number of halogens is 2. The first kappa shape index (κ1) is 11.9. The number of hydrogen-bond donors (Lipinski definition) is 0. The summed E-state index contributed by atoms with van der Waals surface area (Å²) < 4.78 is 20.0. The molecule has 0 N–H and O–H groups in total. The average molecular weight is 287 g/mol. The highest BCUT2D eigenvalue weighted by Gasteiger charge is 2.20. The Labute approximate surface area is 104 Å². The van der Waals surface area contributed by atoms with Gasteiger partial charge in [-0.05, 0) is 49.8 Å². The van der Waals surface area contributed by atoms with Crippen molar-refractivity contribution >= 4 is 15.9 Å². The summed E-state index contributed by atoms with van der Waals surface area (Å²) in [5.41, 5.74) is 0. The Balaban J connectivity index is 2.00. The van der Waals surface area contributed by atoms with Gasteiger partial charge in [-0.2, -0.15) is 0 Å². The van der Waals surface area contributed by atoms with Crippen LogP contribution in [-0.2, 0) is 0 Å². The van der Waals surface area contributed by atoms with Crippen LogP contribution in [0.5, 0.6) is 5.75 Å². The second kappa shape index (κ2) is 5.17. The summed E-state index contributed by atoms with van der Waals surface area (Å²) in [5.74, 6) is 0.878. The monoisotopic (exact) mass is 286 g/mol. The molecule has 88 valence electrons. The highest BCUT2D eigenvalue weighted by Crippen LogP contribution is 2.29. The number of ether oxygens (including phenoxy) is 1. The van der Waals surface area contributed by atoms with Gasteiger partial charge in [0.15, 0.2) is 11.6 Å². The zero-order valence-corrected chi connectivity index (χ0v) is 11.0. The van der Waals surface area contributed by atoms with Crippen LogP contribution in [0.4, 0.5) is 4.39 Å². The third kappa shape index (κ3) is 2.97. The normalized spacial score (nSPS) is 25.4. The van der Waals surface area contributed by atoms with E-state index >= 15 is 0 Å². The minimum Gasteiger partial charge on any atom is -0.487 e. The smallest absolute Gasteiger partial charge is 0.165 e. The van der Waals surface area contributed by atoms with Crippen LogP contribution in [-0.4, -0.2) is 6.10 Å². The molecule has 0 bridgehead atoms. The molecule has 0 aliphatic heterocycles. The van der Waals surface area contributed by atoms with Gasteiger partial charge >= 0.3 is 0 Å². The molecule has 0 saturated heterocycles. The van der Waals surface area contributed by atoms with Gasteiger partial charge in [0, 0.05) is 4.47 Å². The Morgan fingerprint density at radius 2 is 1.94 bits per heavy atom. The summed E-state index contributed by atoms with van der Waals surface area (Å²) in [6.45, 7) is 2.26. The van der Waals surface area contributed by atoms with Crippen molar-refractivity contribution in [2.24, 2.45) is 5.92 Å². The van der Waals surface area contributed by atoms with E-state index in [1.165, 1.54) is 18.9 Å². The first-order valence-corrected chi connectivity index (χ1v) is 6.56. The van der Waals surface area contributed by atoms with Gasteiger partial charge in [-0.25, -0.2) is 4.39 Å². The van der Waals surface area contributed by atoms with Crippen LogP contribution in [0.2, 0.25) is 0 Å². The largest absolute Gasteiger partial charge is 0.487 e. The Hall–Kier alpha value is -0.570. The van der Waals surface area contributed by atoms with E-state index in [-0.39, 0.29) is 11.9 Å². The Morgan fingerprint density at radius 3 is 2.62 bits per heavy atom. The molecule has 0 radical (unpaired) electrons. The molecule has 16 heavy (non-hydrogen) atoms. The second-order valence-corrected chi connectivity index (χ2v) is 5.49. The Kier molecular flexibility index (Phi) is 3.85. The molecule has 1 saturated carbocycles. The first-order valence-electron chi connectivity index (χ1n) is 5.77. The third-order valence-corrected chi connectivity index (χ3v) is 3.64. The average Bonchev–Trinajstić information content (AvgIpc) is 2.27. The first-order chi connectivity index (χ1) is 7.65.